The summed E-state index contributed by atoms with van der Waals surface area (Å²) < 4.78 is 31.5. The topological polar surface area (TPSA) is 96.5 Å². The average Bonchev–Trinajstić information content (AvgIpc) is 2.75. The average molecular weight is 484 g/mol. The van der Waals surface area contributed by atoms with Gasteiger partial charge in [-0.1, -0.05) is 45.9 Å². The number of rotatable bonds is 7. The van der Waals surface area contributed by atoms with Gasteiger partial charge in [-0.25, -0.2) is 13.2 Å². The Balaban J connectivity index is 2.11. The summed E-state index contributed by atoms with van der Waals surface area (Å²) in [7, 11) is -1.70. The van der Waals surface area contributed by atoms with Gasteiger partial charge in [0, 0.05) is 29.0 Å². The summed E-state index contributed by atoms with van der Waals surface area (Å²) in [5, 5.41) is 7.65. The lowest BCUT2D eigenvalue weighted by molar-refractivity contribution is 0.252. The summed E-state index contributed by atoms with van der Waals surface area (Å²) in [4.78, 5) is 12.3. The SMILES string of the molecule is CCCNC(=O)Nc1cc(-c2ccc3cc(NS(C)(=O)=O)ccc3c2)c(OC)c(C(C)(C)C)c1. The maximum Gasteiger partial charge on any atom is 0.319 e. The lowest BCUT2D eigenvalue weighted by Gasteiger charge is -2.25. The number of nitrogens with one attached hydrogen (secondary N) is 3. The van der Waals surface area contributed by atoms with Crippen molar-refractivity contribution < 1.29 is 17.9 Å². The molecule has 2 amide bonds. The molecule has 0 radical (unpaired) electrons. The van der Waals surface area contributed by atoms with Crippen LogP contribution in [0.25, 0.3) is 21.9 Å². The third-order valence-corrected chi connectivity index (χ3v) is 5.96. The van der Waals surface area contributed by atoms with E-state index in [0.29, 0.717) is 17.9 Å². The Morgan fingerprint density at radius 3 is 2.26 bits per heavy atom. The number of anilines is 2. The molecule has 3 aromatic carbocycles. The van der Waals surface area contributed by atoms with Crippen molar-refractivity contribution in [3.05, 3.63) is 54.1 Å². The number of ether oxygens (including phenoxy) is 1. The number of carbonyl (C=O) groups excluding carboxylic acids is 1. The van der Waals surface area contributed by atoms with Crippen molar-refractivity contribution in [3.8, 4) is 16.9 Å². The van der Waals surface area contributed by atoms with Crippen LogP contribution in [0.3, 0.4) is 0 Å². The summed E-state index contributed by atoms with van der Waals surface area (Å²) in [5.41, 5.74) is 3.74. The number of urea groups is 1. The van der Waals surface area contributed by atoms with Crippen LogP contribution in [-0.2, 0) is 15.4 Å². The maximum atomic E-state index is 12.3. The molecule has 34 heavy (non-hydrogen) atoms. The van der Waals surface area contributed by atoms with E-state index in [1.807, 2.05) is 43.3 Å². The molecule has 0 fully saturated rings. The number of hydrogen-bond donors (Lipinski definition) is 3. The van der Waals surface area contributed by atoms with Crippen molar-refractivity contribution in [2.24, 2.45) is 0 Å². The van der Waals surface area contributed by atoms with E-state index in [-0.39, 0.29) is 11.4 Å². The Hall–Kier alpha value is -3.26. The van der Waals surface area contributed by atoms with E-state index in [1.54, 1.807) is 19.2 Å². The molecule has 0 aliphatic heterocycles. The minimum atomic E-state index is -3.35. The molecular weight excluding hydrogens is 450 g/mol. The normalized spacial score (nSPS) is 11.8. The first-order chi connectivity index (χ1) is 15.9. The van der Waals surface area contributed by atoms with Crippen LogP contribution in [0.15, 0.2) is 48.5 Å². The van der Waals surface area contributed by atoms with Gasteiger partial charge in [0.1, 0.15) is 5.75 Å². The zero-order valence-corrected chi connectivity index (χ0v) is 21.4. The zero-order chi connectivity index (χ0) is 25.1. The van der Waals surface area contributed by atoms with Crippen molar-refractivity contribution in [2.75, 3.05) is 29.9 Å². The van der Waals surface area contributed by atoms with Gasteiger partial charge in [-0.15, -0.1) is 0 Å². The Kier molecular flexibility index (Phi) is 7.41. The molecule has 0 aromatic heterocycles. The first kappa shape index (κ1) is 25.4. The van der Waals surface area contributed by atoms with Crippen LogP contribution in [0.4, 0.5) is 16.2 Å². The van der Waals surface area contributed by atoms with E-state index < -0.39 is 10.0 Å². The molecule has 0 atom stereocenters. The van der Waals surface area contributed by atoms with Crippen LogP contribution >= 0.6 is 0 Å². The molecule has 7 nitrogen and oxygen atoms in total. The highest BCUT2D eigenvalue weighted by molar-refractivity contribution is 7.92. The van der Waals surface area contributed by atoms with E-state index in [2.05, 4.69) is 36.1 Å². The van der Waals surface area contributed by atoms with Crippen molar-refractivity contribution in [2.45, 2.75) is 39.5 Å². The number of fused-ring (bicyclic) bond motifs is 1. The second kappa shape index (κ2) is 9.93. The fourth-order valence-electron chi connectivity index (χ4n) is 3.80. The first-order valence-electron chi connectivity index (χ1n) is 11.2. The zero-order valence-electron chi connectivity index (χ0n) is 20.6. The second-order valence-corrected chi connectivity index (χ2v) is 11.1. The van der Waals surface area contributed by atoms with Crippen LogP contribution in [0.1, 0.15) is 39.7 Å². The number of sulfonamides is 1. The van der Waals surface area contributed by atoms with Crippen molar-refractivity contribution in [1.29, 1.82) is 0 Å². The van der Waals surface area contributed by atoms with Gasteiger partial charge in [-0.05, 0) is 58.5 Å². The van der Waals surface area contributed by atoms with E-state index >= 15 is 0 Å². The Labute approximate surface area is 202 Å². The molecule has 3 N–H and O–H groups in total. The standard InChI is InChI=1S/C26H33N3O4S/c1-7-12-27-25(30)28-21-15-22(24(33-5)23(16-21)26(2,3)4)19-9-8-18-14-20(29-34(6,31)32)11-10-17(18)13-19/h8-11,13-16,29H,7,12H2,1-6H3,(H2,27,28,30). The second-order valence-electron chi connectivity index (χ2n) is 9.39. The van der Waals surface area contributed by atoms with Gasteiger partial charge in [0.25, 0.3) is 0 Å². The van der Waals surface area contributed by atoms with Crippen LogP contribution in [-0.4, -0.2) is 34.4 Å². The molecule has 0 aliphatic rings. The quantitative estimate of drug-likeness (QED) is 0.401. The van der Waals surface area contributed by atoms with Crippen molar-refractivity contribution in [3.63, 3.8) is 0 Å². The molecule has 3 rings (SSSR count). The van der Waals surface area contributed by atoms with E-state index in [1.165, 1.54) is 0 Å². The largest absolute Gasteiger partial charge is 0.496 e. The van der Waals surface area contributed by atoms with Crippen molar-refractivity contribution >= 4 is 38.2 Å². The molecule has 0 saturated carbocycles. The van der Waals surface area contributed by atoms with Gasteiger partial charge in [0.15, 0.2) is 0 Å². The highest BCUT2D eigenvalue weighted by atomic mass is 32.2. The lowest BCUT2D eigenvalue weighted by Crippen LogP contribution is -2.29. The Morgan fingerprint density at radius 1 is 0.971 bits per heavy atom. The third-order valence-electron chi connectivity index (χ3n) is 5.35. The Bertz CT molecular complexity index is 1310. The monoisotopic (exact) mass is 483 g/mol. The third kappa shape index (κ3) is 6.20. The smallest absolute Gasteiger partial charge is 0.319 e. The molecule has 8 heteroatoms. The minimum Gasteiger partial charge on any atom is -0.496 e. The fourth-order valence-corrected chi connectivity index (χ4v) is 4.35. The molecule has 3 aromatic rings. The Morgan fingerprint density at radius 2 is 1.65 bits per heavy atom. The lowest BCUT2D eigenvalue weighted by atomic mass is 9.83. The van der Waals surface area contributed by atoms with Gasteiger partial charge in [-0.2, -0.15) is 0 Å². The molecule has 0 unspecified atom stereocenters. The molecule has 0 aliphatic carbocycles. The minimum absolute atomic E-state index is 0.221. The van der Waals surface area contributed by atoms with Gasteiger partial charge >= 0.3 is 6.03 Å². The number of hydrogen-bond acceptors (Lipinski definition) is 4. The van der Waals surface area contributed by atoms with Crippen LogP contribution in [0, 0.1) is 0 Å². The van der Waals surface area contributed by atoms with Gasteiger partial charge in [0.05, 0.1) is 13.4 Å². The summed E-state index contributed by atoms with van der Waals surface area (Å²) in [6.07, 6.45) is 1.98. The van der Waals surface area contributed by atoms with E-state index in [9.17, 15) is 13.2 Å². The fraction of sp³-hybridized carbons (Fsp3) is 0.346. The molecule has 0 saturated heterocycles. The number of methoxy groups -OCH3 is 1. The highest BCUT2D eigenvalue weighted by Crippen LogP contribution is 2.42. The number of carbonyl (C=O) groups is 1. The van der Waals surface area contributed by atoms with E-state index in [0.717, 1.165) is 45.9 Å². The summed E-state index contributed by atoms with van der Waals surface area (Å²) >= 11 is 0. The maximum absolute atomic E-state index is 12.3. The molecular formula is C26H33N3O4S. The van der Waals surface area contributed by atoms with Crippen LogP contribution < -0.4 is 20.1 Å². The number of amides is 2. The predicted octanol–water partition coefficient (Wildman–Crippen LogP) is 5.72. The van der Waals surface area contributed by atoms with E-state index in [4.69, 9.17) is 4.74 Å². The molecule has 0 spiro atoms. The van der Waals surface area contributed by atoms with Gasteiger partial charge in [0.2, 0.25) is 10.0 Å². The van der Waals surface area contributed by atoms with Crippen LogP contribution in [0.5, 0.6) is 5.75 Å². The predicted molar refractivity (Wildman–Crippen MR) is 140 cm³/mol. The van der Waals surface area contributed by atoms with Crippen molar-refractivity contribution in [1.82, 2.24) is 5.32 Å². The molecule has 0 heterocycles. The van der Waals surface area contributed by atoms with Gasteiger partial charge < -0.3 is 15.4 Å². The van der Waals surface area contributed by atoms with Crippen LogP contribution in [0.2, 0.25) is 0 Å². The summed E-state index contributed by atoms with van der Waals surface area (Å²) in [5.74, 6) is 0.752. The van der Waals surface area contributed by atoms with Gasteiger partial charge in [-0.3, -0.25) is 4.72 Å². The highest BCUT2D eigenvalue weighted by Gasteiger charge is 2.24. The first-order valence-corrected chi connectivity index (χ1v) is 13.1. The summed E-state index contributed by atoms with van der Waals surface area (Å²) in [6, 6.07) is 15.0. The molecule has 182 valence electrons. The summed E-state index contributed by atoms with van der Waals surface area (Å²) in [6.45, 7) is 8.91. The number of benzene rings is 3. The molecule has 0 bridgehead atoms.